The summed E-state index contributed by atoms with van der Waals surface area (Å²) in [5, 5.41) is 0. The molecule has 0 aromatic rings. The predicted octanol–water partition coefficient (Wildman–Crippen LogP) is 2.81. The molecule has 0 aromatic carbocycles. The average molecular weight is 186 g/mol. The molecule has 1 atom stereocenters. The van der Waals surface area contributed by atoms with Crippen molar-refractivity contribution in [3.05, 3.63) is 0 Å². The highest BCUT2D eigenvalue weighted by Crippen LogP contribution is 2.11. The van der Waals surface area contributed by atoms with Crippen molar-refractivity contribution < 1.29 is 9.53 Å². The average Bonchev–Trinajstić information content (AvgIpc) is 2.05. The molecule has 0 spiro atoms. The fourth-order valence-corrected chi connectivity index (χ4v) is 1.29. The fraction of sp³-hybridized carbons (Fsp3) is 0.909. The van der Waals surface area contributed by atoms with Crippen LogP contribution in [0, 0.1) is 5.92 Å². The first-order valence-electron chi connectivity index (χ1n) is 5.27. The van der Waals surface area contributed by atoms with E-state index < -0.39 is 0 Å². The second-order valence-corrected chi connectivity index (χ2v) is 3.75. The van der Waals surface area contributed by atoms with Gasteiger partial charge in [0.05, 0.1) is 0 Å². The van der Waals surface area contributed by atoms with Crippen molar-refractivity contribution >= 4 is 5.78 Å². The Hall–Kier alpha value is -0.370. The van der Waals surface area contributed by atoms with Crippen molar-refractivity contribution in [3.8, 4) is 0 Å². The van der Waals surface area contributed by atoms with Crippen LogP contribution in [0.5, 0.6) is 0 Å². The van der Waals surface area contributed by atoms with Crippen molar-refractivity contribution in [2.75, 3.05) is 6.61 Å². The van der Waals surface area contributed by atoms with E-state index in [0.717, 1.165) is 12.8 Å². The van der Waals surface area contributed by atoms with Crippen LogP contribution in [-0.2, 0) is 9.53 Å². The van der Waals surface area contributed by atoms with Crippen molar-refractivity contribution in [2.24, 2.45) is 5.92 Å². The van der Waals surface area contributed by atoms with Gasteiger partial charge in [0.15, 0.2) is 5.78 Å². The number of hydrogen-bond donors (Lipinski definition) is 0. The maximum atomic E-state index is 11.6. The topological polar surface area (TPSA) is 26.3 Å². The highest BCUT2D eigenvalue weighted by Gasteiger charge is 2.21. The highest BCUT2D eigenvalue weighted by molar-refractivity contribution is 5.83. The van der Waals surface area contributed by atoms with Gasteiger partial charge in [0.25, 0.3) is 0 Å². The summed E-state index contributed by atoms with van der Waals surface area (Å²) in [6, 6.07) is 0. The quantitative estimate of drug-likeness (QED) is 0.611. The summed E-state index contributed by atoms with van der Waals surface area (Å²) in [5.41, 5.74) is 0. The van der Waals surface area contributed by atoms with Gasteiger partial charge < -0.3 is 4.74 Å². The van der Waals surface area contributed by atoms with Gasteiger partial charge in [0.1, 0.15) is 6.10 Å². The van der Waals surface area contributed by atoms with Gasteiger partial charge in [-0.3, -0.25) is 4.79 Å². The zero-order valence-corrected chi connectivity index (χ0v) is 9.30. The molecule has 0 saturated carbocycles. The lowest BCUT2D eigenvalue weighted by Gasteiger charge is -2.19. The molecule has 0 amide bonds. The minimum absolute atomic E-state index is 0.181. The summed E-state index contributed by atoms with van der Waals surface area (Å²) in [6.07, 6.45) is 2.35. The van der Waals surface area contributed by atoms with E-state index in [2.05, 4.69) is 6.92 Å². The Kier molecular flexibility index (Phi) is 6.87. The molecule has 0 N–H and O–H groups in total. The third-order valence-corrected chi connectivity index (χ3v) is 1.92. The summed E-state index contributed by atoms with van der Waals surface area (Å²) in [6.45, 7) is 8.84. The van der Waals surface area contributed by atoms with E-state index in [9.17, 15) is 4.79 Å². The standard InChI is InChI=1S/C11H22O2/c1-5-7-10(12)11(9(3)4)13-8-6-2/h9,11H,5-8H2,1-4H3. The van der Waals surface area contributed by atoms with E-state index in [4.69, 9.17) is 4.74 Å². The molecule has 0 bridgehead atoms. The molecule has 0 radical (unpaired) electrons. The first-order valence-corrected chi connectivity index (χ1v) is 5.27. The monoisotopic (exact) mass is 186 g/mol. The largest absolute Gasteiger partial charge is 0.370 e. The fourth-order valence-electron chi connectivity index (χ4n) is 1.29. The number of hydrogen-bond acceptors (Lipinski definition) is 2. The van der Waals surface area contributed by atoms with E-state index >= 15 is 0 Å². The summed E-state index contributed by atoms with van der Waals surface area (Å²) in [5.74, 6) is 0.552. The number of ether oxygens (including phenoxy) is 1. The number of rotatable bonds is 7. The van der Waals surface area contributed by atoms with Crippen LogP contribution >= 0.6 is 0 Å². The van der Waals surface area contributed by atoms with Gasteiger partial charge in [-0.15, -0.1) is 0 Å². The van der Waals surface area contributed by atoms with Crippen LogP contribution in [0.3, 0.4) is 0 Å². The van der Waals surface area contributed by atoms with Crippen LogP contribution < -0.4 is 0 Å². The number of Topliss-reactive ketones (excluding diaryl/α,β-unsaturated/α-hetero) is 1. The summed E-state index contributed by atoms with van der Waals surface area (Å²) < 4.78 is 5.52. The zero-order valence-electron chi connectivity index (χ0n) is 9.30. The van der Waals surface area contributed by atoms with Crippen LogP contribution in [0.15, 0.2) is 0 Å². The van der Waals surface area contributed by atoms with Crippen LogP contribution in [0.2, 0.25) is 0 Å². The molecule has 2 heteroatoms. The molecule has 1 unspecified atom stereocenters. The van der Waals surface area contributed by atoms with E-state index in [1.165, 1.54) is 0 Å². The molecule has 0 heterocycles. The molecule has 0 fully saturated rings. The molecule has 78 valence electrons. The van der Waals surface area contributed by atoms with Crippen molar-refractivity contribution in [3.63, 3.8) is 0 Å². The van der Waals surface area contributed by atoms with Crippen LogP contribution in [0.25, 0.3) is 0 Å². The smallest absolute Gasteiger partial charge is 0.161 e. The third kappa shape index (κ3) is 5.04. The van der Waals surface area contributed by atoms with Crippen LogP contribution in [-0.4, -0.2) is 18.5 Å². The Balaban J connectivity index is 3.99. The third-order valence-electron chi connectivity index (χ3n) is 1.92. The lowest BCUT2D eigenvalue weighted by atomic mass is 10.00. The Morgan fingerprint density at radius 2 is 1.85 bits per heavy atom. The van der Waals surface area contributed by atoms with Gasteiger partial charge in [-0.05, 0) is 18.8 Å². The predicted molar refractivity (Wildman–Crippen MR) is 54.8 cm³/mol. The first-order chi connectivity index (χ1) is 6.13. The normalized spacial score (nSPS) is 13.3. The van der Waals surface area contributed by atoms with E-state index in [1.54, 1.807) is 0 Å². The summed E-state index contributed by atoms with van der Waals surface area (Å²) in [4.78, 5) is 11.6. The van der Waals surface area contributed by atoms with E-state index in [1.807, 2.05) is 20.8 Å². The van der Waals surface area contributed by atoms with Gasteiger partial charge in [0, 0.05) is 13.0 Å². The minimum atomic E-state index is -0.181. The van der Waals surface area contributed by atoms with Crippen LogP contribution in [0.1, 0.15) is 47.0 Å². The van der Waals surface area contributed by atoms with Gasteiger partial charge >= 0.3 is 0 Å². The highest BCUT2D eigenvalue weighted by atomic mass is 16.5. The van der Waals surface area contributed by atoms with Gasteiger partial charge in [-0.25, -0.2) is 0 Å². The summed E-state index contributed by atoms with van der Waals surface area (Å²) >= 11 is 0. The Labute approximate surface area is 81.7 Å². The first kappa shape index (κ1) is 12.6. The molecule has 0 aliphatic carbocycles. The molecule has 13 heavy (non-hydrogen) atoms. The van der Waals surface area contributed by atoms with Gasteiger partial charge in [-0.1, -0.05) is 27.7 Å². The maximum Gasteiger partial charge on any atom is 0.161 e. The lowest BCUT2D eigenvalue weighted by molar-refractivity contribution is -0.133. The van der Waals surface area contributed by atoms with E-state index in [-0.39, 0.29) is 11.9 Å². The van der Waals surface area contributed by atoms with Crippen LogP contribution in [0.4, 0.5) is 0 Å². The molecule has 0 aromatic heterocycles. The summed E-state index contributed by atoms with van der Waals surface area (Å²) in [7, 11) is 0. The second kappa shape index (κ2) is 7.07. The number of carbonyl (C=O) groups excluding carboxylic acids is 1. The lowest BCUT2D eigenvalue weighted by Crippen LogP contribution is -2.29. The Morgan fingerprint density at radius 3 is 2.23 bits per heavy atom. The number of ketones is 1. The van der Waals surface area contributed by atoms with Crippen molar-refractivity contribution in [1.82, 2.24) is 0 Å². The zero-order chi connectivity index (χ0) is 10.3. The molecule has 0 saturated heterocycles. The minimum Gasteiger partial charge on any atom is -0.370 e. The molecule has 0 aliphatic heterocycles. The molecule has 0 rings (SSSR count). The SMILES string of the molecule is CCCOC(C(=O)CCC)C(C)C. The Bertz CT molecular complexity index is 141. The van der Waals surface area contributed by atoms with Gasteiger partial charge in [-0.2, -0.15) is 0 Å². The molecule has 2 nitrogen and oxygen atoms in total. The number of carbonyl (C=O) groups is 1. The van der Waals surface area contributed by atoms with Crippen molar-refractivity contribution in [2.45, 2.75) is 53.1 Å². The second-order valence-electron chi connectivity index (χ2n) is 3.75. The molecular weight excluding hydrogens is 164 g/mol. The molecule has 0 aliphatic rings. The Morgan fingerprint density at radius 1 is 1.23 bits per heavy atom. The maximum absolute atomic E-state index is 11.6. The molecular formula is C11H22O2. The van der Waals surface area contributed by atoms with Gasteiger partial charge in [0.2, 0.25) is 0 Å². The van der Waals surface area contributed by atoms with E-state index in [0.29, 0.717) is 18.9 Å². The van der Waals surface area contributed by atoms with Crippen molar-refractivity contribution in [1.29, 1.82) is 0 Å².